The molecule has 6 heteroatoms. The Kier molecular flexibility index (Phi) is 6.55. The number of carboxylic acid groups (broad SMARTS) is 1. The van der Waals surface area contributed by atoms with Gasteiger partial charge in [-0.1, -0.05) is 26.0 Å². The average molecular weight is 311 g/mol. The zero-order valence-electron chi connectivity index (χ0n) is 12.5. The number of rotatable bonds is 7. The highest BCUT2D eigenvalue weighted by Gasteiger charge is 2.21. The van der Waals surface area contributed by atoms with E-state index in [1.165, 1.54) is 0 Å². The van der Waals surface area contributed by atoms with Crippen LogP contribution in [0.25, 0.3) is 0 Å². The summed E-state index contributed by atoms with van der Waals surface area (Å²) in [6.07, 6.45) is 1.97. The molecule has 2 unspecified atom stereocenters. The molecule has 0 heterocycles. The van der Waals surface area contributed by atoms with Gasteiger partial charge in [0, 0.05) is 28.4 Å². The molecule has 21 heavy (non-hydrogen) atoms. The Morgan fingerprint density at radius 2 is 2.00 bits per heavy atom. The largest absolute Gasteiger partial charge is 0.480 e. The highest BCUT2D eigenvalue weighted by Crippen LogP contribution is 2.10. The van der Waals surface area contributed by atoms with E-state index in [1.54, 1.807) is 30.5 Å². The van der Waals surface area contributed by atoms with Crippen molar-refractivity contribution in [2.45, 2.75) is 32.1 Å². The molecule has 2 atom stereocenters. The monoisotopic (exact) mass is 311 g/mol. The van der Waals surface area contributed by atoms with Crippen LogP contribution in [0, 0.1) is 5.92 Å². The molecule has 0 spiro atoms. The van der Waals surface area contributed by atoms with Crippen LogP contribution >= 0.6 is 0 Å². The van der Waals surface area contributed by atoms with Crippen molar-refractivity contribution in [3.05, 3.63) is 35.4 Å². The molecule has 0 fully saturated rings. The van der Waals surface area contributed by atoms with Crippen molar-refractivity contribution >= 4 is 22.7 Å². The highest BCUT2D eigenvalue weighted by atomic mass is 32.2. The summed E-state index contributed by atoms with van der Waals surface area (Å²) < 4.78 is 11.2. The van der Waals surface area contributed by atoms with Crippen molar-refractivity contribution in [3.8, 4) is 0 Å². The number of nitrogens with one attached hydrogen (secondary N) is 1. The molecule has 0 saturated carbocycles. The van der Waals surface area contributed by atoms with Crippen molar-refractivity contribution in [2.75, 3.05) is 6.26 Å². The Labute approximate surface area is 127 Å². The molecule has 0 aliphatic heterocycles. The molecule has 1 rings (SSSR count). The number of carbonyl (C=O) groups excluding carboxylic acids is 1. The van der Waals surface area contributed by atoms with Crippen molar-refractivity contribution in [2.24, 2.45) is 5.92 Å². The van der Waals surface area contributed by atoms with Crippen LogP contribution in [-0.4, -0.2) is 33.5 Å². The Bertz CT molecular complexity index is 542. The Morgan fingerprint density at radius 3 is 2.52 bits per heavy atom. The maximum absolute atomic E-state index is 12.1. The molecule has 2 N–H and O–H groups in total. The zero-order valence-corrected chi connectivity index (χ0v) is 13.3. The number of amides is 1. The maximum atomic E-state index is 12.1. The molecule has 1 aromatic carbocycles. The maximum Gasteiger partial charge on any atom is 0.326 e. The molecular formula is C15H21NO4S. The fourth-order valence-corrected chi connectivity index (χ4v) is 2.62. The topological polar surface area (TPSA) is 83.5 Å². The van der Waals surface area contributed by atoms with E-state index in [-0.39, 0.29) is 5.92 Å². The fraction of sp³-hybridized carbons (Fsp3) is 0.467. The summed E-state index contributed by atoms with van der Waals surface area (Å²) in [6, 6.07) is 5.86. The lowest BCUT2D eigenvalue weighted by Gasteiger charge is -2.16. The van der Waals surface area contributed by atoms with Crippen LogP contribution in [-0.2, 0) is 21.3 Å². The van der Waals surface area contributed by atoms with Crippen molar-refractivity contribution in [1.82, 2.24) is 5.32 Å². The molecule has 5 nitrogen and oxygen atoms in total. The second-order valence-corrected chi connectivity index (χ2v) is 6.85. The number of carbonyl (C=O) groups is 2. The van der Waals surface area contributed by atoms with Crippen LogP contribution < -0.4 is 5.32 Å². The van der Waals surface area contributed by atoms with E-state index in [4.69, 9.17) is 5.11 Å². The number of hydrogen-bond donors (Lipinski definition) is 2. The van der Waals surface area contributed by atoms with Gasteiger partial charge in [0.2, 0.25) is 0 Å². The first-order chi connectivity index (χ1) is 9.79. The molecule has 0 aliphatic rings. The second kappa shape index (κ2) is 7.93. The van der Waals surface area contributed by atoms with Crippen LogP contribution in [0.1, 0.15) is 36.2 Å². The van der Waals surface area contributed by atoms with Crippen LogP contribution in [0.3, 0.4) is 0 Å². The van der Waals surface area contributed by atoms with E-state index in [0.717, 1.165) is 5.56 Å². The Morgan fingerprint density at radius 1 is 1.33 bits per heavy atom. The summed E-state index contributed by atoms with van der Waals surface area (Å²) in [6.45, 7) is 3.80. The van der Waals surface area contributed by atoms with Gasteiger partial charge in [-0.25, -0.2) is 4.79 Å². The van der Waals surface area contributed by atoms with Crippen LogP contribution in [0.4, 0.5) is 0 Å². The molecule has 0 radical (unpaired) electrons. The SMILES string of the molecule is CC(C)CC(NC(=O)c1cccc(CS(C)=O)c1)C(=O)O. The normalized spacial score (nSPS) is 13.7. The molecule has 116 valence electrons. The molecule has 0 bridgehead atoms. The number of carboxylic acids is 1. The van der Waals surface area contributed by atoms with Crippen LogP contribution in [0.15, 0.2) is 24.3 Å². The van der Waals surface area contributed by atoms with Crippen molar-refractivity contribution in [1.29, 1.82) is 0 Å². The third-order valence-electron chi connectivity index (χ3n) is 2.87. The van der Waals surface area contributed by atoms with E-state index in [2.05, 4.69) is 5.32 Å². The first kappa shape index (κ1) is 17.4. The lowest BCUT2D eigenvalue weighted by Crippen LogP contribution is -2.41. The molecule has 0 saturated heterocycles. The van der Waals surface area contributed by atoms with Crippen molar-refractivity contribution in [3.63, 3.8) is 0 Å². The number of benzene rings is 1. The molecule has 1 aromatic rings. The summed E-state index contributed by atoms with van der Waals surface area (Å²) in [7, 11) is -0.990. The van der Waals surface area contributed by atoms with Gasteiger partial charge in [0.25, 0.3) is 5.91 Å². The third kappa shape index (κ3) is 6.08. The summed E-state index contributed by atoms with van der Waals surface area (Å²) in [5.74, 6) is -0.926. The molecule has 0 aliphatic carbocycles. The van der Waals surface area contributed by atoms with Crippen molar-refractivity contribution < 1.29 is 18.9 Å². The van der Waals surface area contributed by atoms with Gasteiger partial charge in [-0.2, -0.15) is 0 Å². The molecular weight excluding hydrogens is 290 g/mol. The highest BCUT2D eigenvalue weighted by molar-refractivity contribution is 7.83. The Hall–Kier alpha value is -1.69. The van der Waals surface area contributed by atoms with E-state index in [1.807, 2.05) is 13.8 Å². The van der Waals surface area contributed by atoms with Gasteiger partial charge in [-0.3, -0.25) is 9.00 Å². The first-order valence-electron chi connectivity index (χ1n) is 6.72. The first-order valence-corrected chi connectivity index (χ1v) is 8.45. The predicted octanol–water partition coefficient (Wildman–Crippen LogP) is 1.79. The molecule has 1 amide bonds. The van der Waals surface area contributed by atoms with Gasteiger partial charge in [0.15, 0.2) is 0 Å². The van der Waals surface area contributed by atoms with Gasteiger partial charge >= 0.3 is 5.97 Å². The quantitative estimate of drug-likeness (QED) is 0.804. The molecule has 0 aromatic heterocycles. The van der Waals surface area contributed by atoms with Crippen LogP contribution in [0.2, 0.25) is 0 Å². The smallest absolute Gasteiger partial charge is 0.326 e. The lowest BCUT2D eigenvalue weighted by molar-refractivity contribution is -0.139. The minimum absolute atomic E-state index is 0.167. The van der Waals surface area contributed by atoms with Gasteiger partial charge in [0.1, 0.15) is 6.04 Å². The summed E-state index contributed by atoms with van der Waals surface area (Å²) in [4.78, 5) is 23.3. The predicted molar refractivity (Wildman–Crippen MR) is 82.6 cm³/mol. The fourth-order valence-electron chi connectivity index (χ4n) is 1.97. The van der Waals surface area contributed by atoms with E-state index < -0.39 is 28.7 Å². The van der Waals surface area contributed by atoms with Gasteiger partial charge in [0.05, 0.1) is 0 Å². The zero-order chi connectivity index (χ0) is 16.0. The van der Waals surface area contributed by atoms with Gasteiger partial charge in [-0.05, 0) is 30.0 Å². The van der Waals surface area contributed by atoms with E-state index in [9.17, 15) is 13.8 Å². The second-order valence-electron chi connectivity index (χ2n) is 5.41. The van der Waals surface area contributed by atoms with Gasteiger partial charge < -0.3 is 10.4 Å². The number of aliphatic carboxylic acids is 1. The standard InChI is InChI=1S/C15H21NO4S/c1-10(2)7-13(15(18)19)16-14(17)12-6-4-5-11(8-12)9-21(3)20/h4-6,8,10,13H,7,9H2,1-3H3,(H,16,17)(H,18,19). The lowest BCUT2D eigenvalue weighted by atomic mass is 10.0. The third-order valence-corrected chi connectivity index (χ3v) is 3.61. The minimum Gasteiger partial charge on any atom is -0.480 e. The average Bonchev–Trinajstić information content (AvgIpc) is 2.36. The van der Waals surface area contributed by atoms with Gasteiger partial charge in [-0.15, -0.1) is 0 Å². The van der Waals surface area contributed by atoms with E-state index in [0.29, 0.717) is 17.7 Å². The summed E-state index contributed by atoms with van der Waals surface area (Å²) >= 11 is 0. The summed E-state index contributed by atoms with van der Waals surface area (Å²) in [5, 5.41) is 11.7. The number of hydrogen-bond acceptors (Lipinski definition) is 3. The van der Waals surface area contributed by atoms with Crippen LogP contribution in [0.5, 0.6) is 0 Å². The summed E-state index contributed by atoms with van der Waals surface area (Å²) in [5.41, 5.74) is 1.17. The Balaban J connectivity index is 2.82. The van der Waals surface area contributed by atoms with E-state index >= 15 is 0 Å². The minimum atomic E-state index is -1.04.